The number of rotatable bonds is 0. The maximum absolute atomic E-state index is 5.37. The second-order valence-corrected chi connectivity index (χ2v) is 5.07. The van der Waals surface area contributed by atoms with Gasteiger partial charge in [0.15, 0.2) is 0 Å². The van der Waals surface area contributed by atoms with Crippen LogP contribution >= 0.6 is 22.9 Å². The summed E-state index contributed by atoms with van der Waals surface area (Å²) in [5.41, 5.74) is 0.638. The molecule has 0 aromatic carbocycles. The van der Waals surface area contributed by atoms with Crippen LogP contribution in [0.2, 0.25) is 0 Å². The molecule has 0 bridgehead atoms. The molecule has 2 aliphatic rings. The molecule has 0 aliphatic carbocycles. The van der Waals surface area contributed by atoms with E-state index in [1.165, 1.54) is 32.4 Å². The van der Waals surface area contributed by atoms with Gasteiger partial charge in [0.25, 0.3) is 0 Å². The van der Waals surface area contributed by atoms with Gasteiger partial charge in [0.2, 0.25) is 0 Å². The molecule has 2 rings (SSSR count). The fraction of sp³-hybridized carbons (Fsp3) is 1.00. The van der Waals surface area contributed by atoms with Crippen LogP contribution in [0.3, 0.4) is 0 Å². The van der Waals surface area contributed by atoms with Crippen molar-refractivity contribution in [2.45, 2.75) is 19.3 Å². The van der Waals surface area contributed by atoms with Crippen LogP contribution in [0.15, 0.2) is 0 Å². The number of ether oxygens (including phenoxy) is 1. The van der Waals surface area contributed by atoms with Crippen LogP contribution in [0.4, 0.5) is 0 Å². The van der Waals surface area contributed by atoms with Gasteiger partial charge in [0, 0.05) is 49.2 Å². The van der Waals surface area contributed by atoms with Crippen LogP contribution in [0, 0.1) is 5.41 Å². The quantitative estimate of drug-likeness (QED) is 0.490. The Bertz CT molecular complexity index is 140. The predicted octanol–water partition coefficient (Wildman–Crippen LogP) is 1.84. The number of hydrogen-bond acceptors (Lipinski definition) is 2. The molecule has 2 saturated heterocycles. The molecule has 2 fully saturated rings. The van der Waals surface area contributed by atoms with Crippen molar-refractivity contribution in [3.8, 4) is 0 Å². The van der Waals surface area contributed by atoms with Crippen molar-refractivity contribution in [3.63, 3.8) is 0 Å². The molecule has 2 aliphatic heterocycles. The third-order valence-corrected chi connectivity index (χ3v) is 3.77. The summed E-state index contributed by atoms with van der Waals surface area (Å²) in [6.45, 7) is 4.55. The molecule has 0 radical (unpaired) electrons. The van der Waals surface area contributed by atoms with E-state index in [0.29, 0.717) is 5.41 Å². The van der Waals surface area contributed by atoms with Gasteiger partial charge in [-0.25, -0.2) is 3.11 Å². The minimum absolute atomic E-state index is 0.638. The lowest BCUT2D eigenvalue weighted by atomic mass is 9.80. The Morgan fingerprint density at radius 2 is 1.91 bits per heavy atom. The topological polar surface area (TPSA) is 12.5 Å². The molecular weight excluding hydrogens is 253 g/mol. The number of halogens is 1. The van der Waals surface area contributed by atoms with Crippen LogP contribution in [0.5, 0.6) is 0 Å². The second-order valence-electron chi connectivity index (χ2n) is 3.71. The van der Waals surface area contributed by atoms with Crippen molar-refractivity contribution in [2.24, 2.45) is 5.41 Å². The predicted molar refractivity (Wildman–Crippen MR) is 52.7 cm³/mol. The van der Waals surface area contributed by atoms with Gasteiger partial charge in [-0.2, -0.15) is 0 Å². The minimum Gasteiger partial charge on any atom is -0.381 e. The Labute approximate surface area is 81.8 Å². The van der Waals surface area contributed by atoms with Gasteiger partial charge in [-0.1, -0.05) is 0 Å². The third-order valence-electron chi connectivity index (χ3n) is 2.95. The number of hydrogen-bond donors (Lipinski definition) is 0. The van der Waals surface area contributed by atoms with Gasteiger partial charge in [-0.05, 0) is 24.7 Å². The largest absolute Gasteiger partial charge is 0.381 e. The average Bonchev–Trinajstić information content (AvgIpc) is 2.34. The first-order valence-electron chi connectivity index (χ1n) is 4.29. The summed E-state index contributed by atoms with van der Waals surface area (Å²) in [7, 11) is 0. The SMILES string of the molecule is IN1CCC2(CCOCC2)C1. The Kier molecular flexibility index (Phi) is 2.39. The van der Waals surface area contributed by atoms with Crippen molar-refractivity contribution in [2.75, 3.05) is 26.3 Å². The van der Waals surface area contributed by atoms with Crippen molar-refractivity contribution in [3.05, 3.63) is 0 Å². The Balaban J connectivity index is 1.98. The summed E-state index contributed by atoms with van der Waals surface area (Å²) in [5.74, 6) is 0. The van der Waals surface area contributed by atoms with Crippen LogP contribution in [0.25, 0.3) is 0 Å². The third kappa shape index (κ3) is 1.70. The zero-order valence-electron chi connectivity index (χ0n) is 6.68. The number of nitrogens with zero attached hydrogens (tertiary/aromatic N) is 1. The van der Waals surface area contributed by atoms with Gasteiger partial charge in [-0.15, -0.1) is 0 Å². The van der Waals surface area contributed by atoms with E-state index in [1.807, 2.05) is 0 Å². The van der Waals surface area contributed by atoms with Crippen LogP contribution in [-0.2, 0) is 4.74 Å². The van der Waals surface area contributed by atoms with E-state index in [2.05, 4.69) is 26.0 Å². The summed E-state index contributed by atoms with van der Waals surface area (Å²) in [6.07, 6.45) is 3.96. The molecule has 1 spiro atoms. The Morgan fingerprint density at radius 1 is 1.18 bits per heavy atom. The smallest absolute Gasteiger partial charge is 0.0471 e. The summed E-state index contributed by atoms with van der Waals surface area (Å²) in [4.78, 5) is 0. The van der Waals surface area contributed by atoms with E-state index in [0.717, 1.165) is 13.2 Å². The lowest BCUT2D eigenvalue weighted by molar-refractivity contribution is 0.0229. The van der Waals surface area contributed by atoms with Gasteiger partial charge in [0.1, 0.15) is 0 Å². The van der Waals surface area contributed by atoms with Crippen molar-refractivity contribution < 1.29 is 4.74 Å². The summed E-state index contributed by atoms with van der Waals surface area (Å²) in [5, 5.41) is 0. The van der Waals surface area contributed by atoms with Gasteiger partial charge in [0.05, 0.1) is 0 Å². The summed E-state index contributed by atoms with van der Waals surface area (Å²) >= 11 is 2.44. The lowest BCUT2D eigenvalue weighted by Crippen LogP contribution is -2.30. The highest BCUT2D eigenvalue weighted by molar-refractivity contribution is 14.1. The second kappa shape index (κ2) is 3.18. The molecule has 2 nitrogen and oxygen atoms in total. The van der Waals surface area contributed by atoms with E-state index < -0.39 is 0 Å². The fourth-order valence-electron chi connectivity index (χ4n) is 2.09. The molecule has 0 atom stereocenters. The van der Waals surface area contributed by atoms with E-state index in [9.17, 15) is 0 Å². The highest BCUT2D eigenvalue weighted by Crippen LogP contribution is 2.40. The first kappa shape index (κ1) is 8.26. The highest BCUT2D eigenvalue weighted by atomic mass is 127. The molecule has 0 unspecified atom stereocenters. The first-order valence-corrected chi connectivity index (χ1v) is 5.26. The minimum atomic E-state index is 0.638. The van der Waals surface area contributed by atoms with Crippen LogP contribution in [-0.4, -0.2) is 29.4 Å². The van der Waals surface area contributed by atoms with E-state index in [1.54, 1.807) is 0 Å². The van der Waals surface area contributed by atoms with E-state index >= 15 is 0 Å². The van der Waals surface area contributed by atoms with Crippen LogP contribution < -0.4 is 0 Å². The molecule has 64 valence electrons. The molecule has 0 amide bonds. The Hall–Kier alpha value is 0.650. The van der Waals surface area contributed by atoms with Gasteiger partial charge < -0.3 is 4.74 Å². The fourth-order valence-corrected chi connectivity index (χ4v) is 3.06. The molecule has 0 aromatic heterocycles. The standard InChI is InChI=1S/C8H14INO/c9-10-4-1-8(7-10)2-5-11-6-3-8/h1-7H2. The molecule has 0 saturated carbocycles. The van der Waals surface area contributed by atoms with Crippen molar-refractivity contribution >= 4 is 22.9 Å². The molecule has 0 aromatic rings. The lowest BCUT2D eigenvalue weighted by Gasteiger charge is -2.32. The van der Waals surface area contributed by atoms with Gasteiger partial charge in [-0.3, -0.25) is 0 Å². The van der Waals surface area contributed by atoms with Crippen molar-refractivity contribution in [1.29, 1.82) is 0 Å². The molecule has 0 N–H and O–H groups in total. The summed E-state index contributed by atoms with van der Waals surface area (Å²) in [6, 6.07) is 0. The molecule has 3 heteroatoms. The Morgan fingerprint density at radius 3 is 2.45 bits per heavy atom. The van der Waals surface area contributed by atoms with E-state index in [-0.39, 0.29) is 0 Å². The normalized spacial score (nSPS) is 31.4. The highest BCUT2D eigenvalue weighted by Gasteiger charge is 2.38. The average molecular weight is 267 g/mol. The summed E-state index contributed by atoms with van der Waals surface area (Å²) < 4.78 is 7.79. The zero-order valence-corrected chi connectivity index (χ0v) is 8.84. The van der Waals surface area contributed by atoms with Gasteiger partial charge >= 0.3 is 0 Å². The maximum Gasteiger partial charge on any atom is 0.0471 e. The maximum atomic E-state index is 5.37. The van der Waals surface area contributed by atoms with E-state index in [4.69, 9.17) is 4.74 Å². The van der Waals surface area contributed by atoms with Crippen molar-refractivity contribution in [1.82, 2.24) is 3.11 Å². The monoisotopic (exact) mass is 267 g/mol. The first-order chi connectivity index (χ1) is 5.31. The molecule has 11 heavy (non-hydrogen) atoms. The van der Waals surface area contributed by atoms with Crippen LogP contribution in [0.1, 0.15) is 19.3 Å². The molecular formula is C8H14INO. The zero-order chi connectivity index (χ0) is 7.73. The molecule has 2 heterocycles.